The molecular weight excluding hydrogens is 377 g/mol. The Morgan fingerprint density at radius 1 is 1.13 bits per heavy atom. The fourth-order valence-corrected chi connectivity index (χ4v) is 4.04. The summed E-state index contributed by atoms with van der Waals surface area (Å²) in [5.41, 5.74) is 0.368. The monoisotopic (exact) mass is 385 g/mol. The van der Waals surface area contributed by atoms with Gasteiger partial charge in [0.25, 0.3) is 5.91 Å². The summed E-state index contributed by atoms with van der Waals surface area (Å²) in [6.45, 7) is 0. The lowest BCUT2D eigenvalue weighted by atomic mass is 10.2. The number of ether oxygens (including phenoxy) is 1. The highest BCUT2D eigenvalue weighted by molar-refractivity contribution is 7.21. The predicted octanol–water partition coefficient (Wildman–Crippen LogP) is 6.12. The van der Waals surface area contributed by atoms with E-state index in [1.54, 1.807) is 31.4 Å². The van der Waals surface area contributed by atoms with E-state index in [9.17, 15) is 4.79 Å². The van der Waals surface area contributed by atoms with Crippen molar-refractivity contribution in [1.82, 2.24) is 0 Å². The fourth-order valence-electron chi connectivity index (χ4n) is 2.11. The third-order valence-corrected chi connectivity index (χ3v) is 5.53. The molecule has 3 nitrogen and oxygen atoms in total. The molecule has 0 bridgehead atoms. The number of para-hydroxylation sites is 1. The smallest absolute Gasteiger partial charge is 0.267 e. The zero-order chi connectivity index (χ0) is 16.6. The number of hydrogen-bond donors (Lipinski definition) is 1. The number of carbonyl (C=O) groups is 1. The zero-order valence-electron chi connectivity index (χ0n) is 11.8. The van der Waals surface area contributed by atoms with Crippen molar-refractivity contribution in [2.45, 2.75) is 0 Å². The van der Waals surface area contributed by atoms with E-state index < -0.39 is 0 Å². The van der Waals surface area contributed by atoms with Gasteiger partial charge in [-0.15, -0.1) is 11.3 Å². The van der Waals surface area contributed by atoms with E-state index >= 15 is 0 Å². The van der Waals surface area contributed by atoms with Crippen LogP contribution in [0.2, 0.25) is 15.1 Å². The molecule has 1 heterocycles. The summed E-state index contributed by atoms with van der Waals surface area (Å²) in [6, 6.07) is 10.5. The summed E-state index contributed by atoms with van der Waals surface area (Å²) in [6.07, 6.45) is 0. The third-order valence-electron chi connectivity index (χ3n) is 3.24. The average Bonchev–Trinajstić information content (AvgIpc) is 2.87. The van der Waals surface area contributed by atoms with Crippen LogP contribution in [0.3, 0.4) is 0 Å². The molecule has 1 aromatic heterocycles. The van der Waals surface area contributed by atoms with Crippen molar-refractivity contribution in [2.75, 3.05) is 12.4 Å². The number of thiophene rings is 1. The number of benzene rings is 2. The topological polar surface area (TPSA) is 38.3 Å². The highest BCUT2D eigenvalue weighted by Crippen LogP contribution is 2.38. The molecule has 0 aliphatic heterocycles. The minimum absolute atomic E-state index is 0.356. The number of nitrogens with one attached hydrogen (secondary N) is 1. The molecule has 0 unspecified atom stereocenters. The van der Waals surface area contributed by atoms with E-state index in [2.05, 4.69) is 5.32 Å². The molecule has 2 aromatic carbocycles. The Morgan fingerprint density at radius 3 is 2.48 bits per heavy atom. The Morgan fingerprint density at radius 2 is 1.83 bits per heavy atom. The first-order valence-corrected chi connectivity index (χ1v) is 8.47. The Kier molecular flexibility index (Phi) is 4.69. The largest absolute Gasteiger partial charge is 0.497 e. The van der Waals surface area contributed by atoms with E-state index in [0.29, 0.717) is 31.4 Å². The quantitative estimate of drug-likeness (QED) is 0.588. The van der Waals surface area contributed by atoms with Gasteiger partial charge < -0.3 is 10.1 Å². The van der Waals surface area contributed by atoms with Crippen LogP contribution in [0.15, 0.2) is 36.4 Å². The van der Waals surface area contributed by atoms with Crippen molar-refractivity contribution in [3.63, 3.8) is 0 Å². The molecule has 0 radical (unpaired) electrons. The van der Waals surface area contributed by atoms with E-state index in [4.69, 9.17) is 39.5 Å². The molecule has 1 amide bonds. The number of anilines is 1. The number of fused-ring (bicyclic) bond motifs is 1. The van der Waals surface area contributed by atoms with Crippen LogP contribution in [0.4, 0.5) is 5.69 Å². The van der Waals surface area contributed by atoms with Gasteiger partial charge >= 0.3 is 0 Å². The average molecular weight is 387 g/mol. The highest BCUT2D eigenvalue weighted by Gasteiger charge is 2.19. The summed E-state index contributed by atoms with van der Waals surface area (Å²) in [4.78, 5) is 12.9. The molecule has 1 N–H and O–H groups in total. The lowest BCUT2D eigenvalue weighted by molar-refractivity contribution is 0.103. The summed E-state index contributed by atoms with van der Waals surface area (Å²) >= 11 is 19.8. The van der Waals surface area contributed by atoms with Gasteiger partial charge in [0, 0.05) is 10.1 Å². The van der Waals surface area contributed by atoms with Crippen LogP contribution in [0.1, 0.15) is 9.67 Å². The molecule has 7 heteroatoms. The predicted molar refractivity (Wildman–Crippen MR) is 97.8 cm³/mol. The van der Waals surface area contributed by atoms with Gasteiger partial charge in [-0.1, -0.05) is 40.9 Å². The molecule has 0 saturated heterocycles. The standard InChI is InChI=1S/C16H10Cl3NO2S/c1-22-8-5-6-9-12(7-8)23-15(13(9)19)16(21)20-14-10(17)3-2-4-11(14)18/h2-7H,1H3,(H,20,21). The number of methoxy groups -OCH3 is 1. The molecule has 23 heavy (non-hydrogen) atoms. The molecule has 0 atom stereocenters. The van der Waals surface area contributed by atoms with Crippen LogP contribution in [0, 0.1) is 0 Å². The van der Waals surface area contributed by atoms with Crippen molar-refractivity contribution in [2.24, 2.45) is 0 Å². The van der Waals surface area contributed by atoms with Crippen LogP contribution in [0.25, 0.3) is 10.1 Å². The Bertz CT molecular complexity index is 887. The minimum atomic E-state index is -0.356. The Labute approximate surface area is 151 Å². The van der Waals surface area contributed by atoms with Gasteiger partial charge in [-0.2, -0.15) is 0 Å². The third kappa shape index (κ3) is 3.12. The fraction of sp³-hybridized carbons (Fsp3) is 0.0625. The maximum atomic E-state index is 12.5. The summed E-state index contributed by atoms with van der Waals surface area (Å²) in [5, 5.41) is 4.64. The van der Waals surface area contributed by atoms with Crippen molar-refractivity contribution >= 4 is 67.8 Å². The Hall–Kier alpha value is -1.46. The normalized spacial score (nSPS) is 10.8. The van der Waals surface area contributed by atoms with Crippen molar-refractivity contribution in [3.05, 3.63) is 56.3 Å². The lowest BCUT2D eigenvalue weighted by Crippen LogP contribution is -2.11. The van der Waals surface area contributed by atoms with Crippen molar-refractivity contribution in [3.8, 4) is 5.75 Å². The second-order valence-electron chi connectivity index (χ2n) is 4.66. The van der Waals surface area contributed by atoms with Crippen LogP contribution < -0.4 is 10.1 Å². The second-order valence-corrected chi connectivity index (χ2v) is 6.90. The van der Waals surface area contributed by atoms with Crippen LogP contribution >= 0.6 is 46.1 Å². The molecule has 0 fully saturated rings. The number of hydrogen-bond acceptors (Lipinski definition) is 3. The molecule has 0 aliphatic rings. The van der Waals surface area contributed by atoms with Gasteiger partial charge in [0.15, 0.2) is 0 Å². The van der Waals surface area contributed by atoms with Crippen LogP contribution in [-0.2, 0) is 0 Å². The van der Waals surface area contributed by atoms with E-state index in [-0.39, 0.29) is 5.91 Å². The molecular formula is C16H10Cl3NO2S. The number of carbonyl (C=O) groups excluding carboxylic acids is 1. The van der Waals surface area contributed by atoms with Gasteiger partial charge in [-0.25, -0.2) is 0 Å². The number of halogens is 3. The lowest BCUT2D eigenvalue weighted by Gasteiger charge is -2.08. The maximum absolute atomic E-state index is 12.5. The summed E-state index contributed by atoms with van der Waals surface area (Å²) in [7, 11) is 1.59. The number of rotatable bonds is 3. The van der Waals surface area contributed by atoms with Gasteiger partial charge in [-0.3, -0.25) is 4.79 Å². The summed E-state index contributed by atoms with van der Waals surface area (Å²) < 4.78 is 6.05. The van der Waals surface area contributed by atoms with Gasteiger partial charge in [-0.05, 0) is 30.3 Å². The van der Waals surface area contributed by atoms with Gasteiger partial charge in [0.1, 0.15) is 10.6 Å². The van der Waals surface area contributed by atoms with E-state index in [1.807, 2.05) is 12.1 Å². The minimum Gasteiger partial charge on any atom is -0.497 e. The molecule has 3 aromatic rings. The maximum Gasteiger partial charge on any atom is 0.267 e. The summed E-state index contributed by atoms with van der Waals surface area (Å²) in [5.74, 6) is 0.349. The van der Waals surface area contributed by atoms with Crippen molar-refractivity contribution in [1.29, 1.82) is 0 Å². The van der Waals surface area contributed by atoms with Gasteiger partial charge in [0.05, 0.1) is 27.9 Å². The molecule has 118 valence electrons. The van der Waals surface area contributed by atoms with E-state index in [1.165, 1.54) is 11.3 Å². The van der Waals surface area contributed by atoms with Crippen LogP contribution in [-0.4, -0.2) is 13.0 Å². The van der Waals surface area contributed by atoms with Crippen molar-refractivity contribution < 1.29 is 9.53 Å². The number of amides is 1. The van der Waals surface area contributed by atoms with Gasteiger partial charge in [0.2, 0.25) is 0 Å². The van der Waals surface area contributed by atoms with Crippen LogP contribution in [0.5, 0.6) is 5.75 Å². The Balaban J connectivity index is 1.99. The first-order valence-electron chi connectivity index (χ1n) is 6.52. The zero-order valence-corrected chi connectivity index (χ0v) is 14.9. The first kappa shape index (κ1) is 16.4. The highest BCUT2D eigenvalue weighted by atomic mass is 35.5. The second kappa shape index (κ2) is 6.57. The molecule has 0 saturated carbocycles. The molecule has 0 aliphatic carbocycles. The first-order chi connectivity index (χ1) is 11.0. The van der Waals surface area contributed by atoms with E-state index in [0.717, 1.165) is 10.1 Å². The molecule has 0 spiro atoms. The molecule has 3 rings (SSSR count). The SMILES string of the molecule is COc1ccc2c(Cl)c(C(=O)Nc3c(Cl)cccc3Cl)sc2c1.